The first-order valence-electron chi connectivity index (χ1n) is 10.8. The summed E-state index contributed by atoms with van der Waals surface area (Å²) in [6, 6.07) is 14.0. The molecule has 2 saturated heterocycles. The number of ether oxygens (including phenoxy) is 1. The Bertz CT molecular complexity index is 721. The number of nitrogens with zero attached hydrogens (tertiary/aromatic N) is 1. The lowest BCUT2D eigenvalue weighted by molar-refractivity contribution is -0.0483. The van der Waals surface area contributed by atoms with Crippen LogP contribution in [0.25, 0.3) is 0 Å². The van der Waals surface area contributed by atoms with Gasteiger partial charge in [-0.05, 0) is 87.0 Å². The van der Waals surface area contributed by atoms with Gasteiger partial charge in [-0.25, -0.2) is 8.78 Å². The molecule has 2 heterocycles. The molecule has 0 amide bonds. The molecule has 0 radical (unpaired) electrons. The molecule has 0 aliphatic carbocycles. The standard InChI is InChI=1S/C24H30F2N2O/c25-19-7-3-17(4-8-19)24(18-5-9-20(26)10-6-18)29-23-15-21-11-12-22(16-23)28(21)14-2-1-13-27/h3-10,21-24H,1-2,11-16,27H2/t21-,22+,23?. The van der Waals surface area contributed by atoms with E-state index in [1.54, 1.807) is 24.3 Å². The van der Waals surface area contributed by atoms with Gasteiger partial charge in [-0.3, -0.25) is 4.90 Å². The molecule has 3 nitrogen and oxygen atoms in total. The van der Waals surface area contributed by atoms with Crippen LogP contribution in [0.5, 0.6) is 0 Å². The molecule has 0 aromatic heterocycles. The second-order valence-corrected chi connectivity index (χ2v) is 8.33. The van der Waals surface area contributed by atoms with Crippen molar-refractivity contribution in [3.05, 3.63) is 71.3 Å². The smallest absolute Gasteiger partial charge is 0.123 e. The van der Waals surface area contributed by atoms with Crippen molar-refractivity contribution in [2.45, 2.75) is 62.8 Å². The maximum atomic E-state index is 13.4. The molecular weight excluding hydrogens is 370 g/mol. The summed E-state index contributed by atoms with van der Waals surface area (Å²) in [4.78, 5) is 2.65. The van der Waals surface area contributed by atoms with Crippen LogP contribution in [-0.2, 0) is 4.74 Å². The van der Waals surface area contributed by atoms with Gasteiger partial charge in [0.15, 0.2) is 0 Å². The van der Waals surface area contributed by atoms with E-state index in [4.69, 9.17) is 10.5 Å². The van der Waals surface area contributed by atoms with Crippen molar-refractivity contribution in [3.8, 4) is 0 Å². The number of unbranched alkanes of at least 4 members (excludes halogenated alkanes) is 1. The predicted molar refractivity (Wildman–Crippen MR) is 111 cm³/mol. The minimum absolute atomic E-state index is 0.151. The number of fused-ring (bicyclic) bond motifs is 2. The summed E-state index contributed by atoms with van der Waals surface area (Å²) in [6.07, 6.45) is 6.55. The zero-order valence-corrected chi connectivity index (χ0v) is 16.8. The van der Waals surface area contributed by atoms with Crippen molar-refractivity contribution >= 4 is 0 Å². The number of halogens is 2. The monoisotopic (exact) mass is 400 g/mol. The Balaban J connectivity index is 1.48. The highest BCUT2D eigenvalue weighted by Gasteiger charge is 2.41. The van der Waals surface area contributed by atoms with E-state index in [9.17, 15) is 8.78 Å². The minimum Gasteiger partial charge on any atom is -0.365 e. The summed E-state index contributed by atoms with van der Waals surface area (Å²) >= 11 is 0. The highest BCUT2D eigenvalue weighted by atomic mass is 19.1. The van der Waals surface area contributed by atoms with Gasteiger partial charge in [-0.2, -0.15) is 0 Å². The fraction of sp³-hybridized carbons (Fsp3) is 0.500. The van der Waals surface area contributed by atoms with Crippen molar-refractivity contribution in [2.75, 3.05) is 13.1 Å². The Labute approximate surface area is 171 Å². The van der Waals surface area contributed by atoms with E-state index >= 15 is 0 Å². The average molecular weight is 401 g/mol. The highest BCUT2D eigenvalue weighted by Crippen LogP contribution is 2.39. The molecule has 1 unspecified atom stereocenters. The summed E-state index contributed by atoms with van der Waals surface area (Å²) in [5, 5.41) is 0. The lowest BCUT2D eigenvalue weighted by Gasteiger charge is -2.40. The molecule has 156 valence electrons. The maximum Gasteiger partial charge on any atom is 0.123 e. The molecule has 4 rings (SSSR count). The van der Waals surface area contributed by atoms with Crippen LogP contribution < -0.4 is 5.73 Å². The summed E-state index contributed by atoms with van der Waals surface area (Å²) in [5.41, 5.74) is 7.45. The SMILES string of the molecule is NCCCCN1[C@@H]2CC[C@H]1CC(OC(c1ccc(F)cc1)c1ccc(F)cc1)C2. The van der Waals surface area contributed by atoms with Gasteiger partial charge in [0, 0.05) is 12.1 Å². The summed E-state index contributed by atoms with van der Waals surface area (Å²) in [5.74, 6) is -0.536. The molecule has 2 bridgehead atoms. The van der Waals surface area contributed by atoms with Crippen LogP contribution in [0.4, 0.5) is 8.78 Å². The fourth-order valence-electron chi connectivity index (χ4n) is 4.96. The molecule has 2 N–H and O–H groups in total. The first-order chi connectivity index (χ1) is 14.1. The van der Waals surface area contributed by atoms with Gasteiger partial charge in [0.2, 0.25) is 0 Å². The Hall–Kier alpha value is -1.82. The summed E-state index contributed by atoms with van der Waals surface area (Å²) in [7, 11) is 0. The molecule has 3 atom stereocenters. The molecule has 0 saturated carbocycles. The molecule has 29 heavy (non-hydrogen) atoms. The lowest BCUT2D eigenvalue weighted by atomic mass is 9.97. The molecule has 0 spiro atoms. The van der Waals surface area contributed by atoms with Crippen LogP contribution in [-0.4, -0.2) is 36.2 Å². The first kappa shape index (κ1) is 20.5. The number of rotatable bonds is 8. The molecule has 2 fully saturated rings. The van der Waals surface area contributed by atoms with E-state index in [1.165, 1.54) is 37.1 Å². The molecule has 2 aliphatic rings. The Morgan fingerprint density at radius 2 is 1.38 bits per heavy atom. The number of hydrogen-bond acceptors (Lipinski definition) is 3. The van der Waals surface area contributed by atoms with Crippen molar-refractivity contribution < 1.29 is 13.5 Å². The van der Waals surface area contributed by atoms with Crippen molar-refractivity contribution in [3.63, 3.8) is 0 Å². The Morgan fingerprint density at radius 3 is 1.86 bits per heavy atom. The van der Waals surface area contributed by atoms with E-state index in [0.29, 0.717) is 12.1 Å². The second kappa shape index (κ2) is 9.33. The zero-order valence-electron chi connectivity index (χ0n) is 16.8. The van der Waals surface area contributed by atoms with Gasteiger partial charge in [0.25, 0.3) is 0 Å². The fourth-order valence-corrected chi connectivity index (χ4v) is 4.96. The van der Waals surface area contributed by atoms with Gasteiger partial charge >= 0.3 is 0 Å². The highest BCUT2D eigenvalue weighted by molar-refractivity contribution is 5.30. The van der Waals surface area contributed by atoms with Crippen LogP contribution in [0.2, 0.25) is 0 Å². The number of hydrogen-bond donors (Lipinski definition) is 1. The van der Waals surface area contributed by atoms with Gasteiger partial charge in [-0.1, -0.05) is 24.3 Å². The first-order valence-corrected chi connectivity index (χ1v) is 10.8. The number of nitrogens with two attached hydrogens (primary N) is 1. The quantitative estimate of drug-likeness (QED) is 0.647. The van der Waals surface area contributed by atoms with Gasteiger partial charge < -0.3 is 10.5 Å². The van der Waals surface area contributed by atoms with Crippen LogP contribution >= 0.6 is 0 Å². The Morgan fingerprint density at radius 1 is 0.862 bits per heavy atom. The number of benzene rings is 2. The third-order valence-corrected chi connectivity index (χ3v) is 6.39. The third-order valence-electron chi connectivity index (χ3n) is 6.39. The molecule has 2 aliphatic heterocycles. The maximum absolute atomic E-state index is 13.4. The molecule has 5 heteroatoms. The Kier molecular flexibility index (Phi) is 6.58. The van der Waals surface area contributed by atoms with Gasteiger partial charge in [0.05, 0.1) is 6.10 Å². The van der Waals surface area contributed by atoms with Crippen LogP contribution in [0.15, 0.2) is 48.5 Å². The third kappa shape index (κ3) is 4.85. The van der Waals surface area contributed by atoms with E-state index in [0.717, 1.165) is 49.9 Å². The van der Waals surface area contributed by atoms with E-state index in [2.05, 4.69) is 4.90 Å². The summed E-state index contributed by atoms with van der Waals surface area (Å²) in [6.45, 7) is 1.88. The summed E-state index contributed by atoms with van der Waals surface area (Å²) < 4.78 is 33.5. The van der Waals surface area contributed by atoms with Crippen molar-refractivity contribution in [2.24, 2.45) is 5.73 Å². The van der Waals surface area contributed by atoms with Crippen LogP contribution in [0.1, 0.15) is 55.8 Å². The van der Waals surface area contributed by atoms with Gasteiger partial charge in [-0.15, -0.1) is 0 Å². The molecular formula is C24H30F2N2O. The van der Waals surface area contributed by atoms with Crippen LogP contribution in [0.3, 0.4) is 0 Å². The van der Waals surface area contributed by atoms with Gasteiger partial charge in [0.1, 0.15) is 17.7 Å². The van der Waals surface area contributed by atoms with Crippen molar-refractivity contribution in [1.82, 2.24) is 4.90 Å². The van der Waals surface area contributed by atoms with Crippen LogP contribution in [0, 0.1) is 11.6 Å². The van der Waals surface area contributed by atoms with E-state index in [-0.39, 0.29) is 23.8 Å². The largest absolute Gasteiger partial charge is 0.365 e. The predicted octanol–water partition coefficient (Wildman–Crippen LogP) is 4.81. The molecule has 2 aromatic carbocycles. The average Bonchev–Trinajstić information content (AvgIpc) is 2.96. The topological polar surface area (TPSA) is 38.5 Å². The molecule has 2 aromatic rings. The second-order valence-electron chi connectivity index (χ2n) is 8.33. The number of piperidine rings is 1. The lowest BCUT2D eigenvalue weighted by Crippen LogP contribution is -2.46. The van der Waals surface area contributed by atoms with E-state index < -0.39 is 0 Å². The van der Waals surface area contributed by atoms with Crippen molar-refractivity contribution in [1.29, 1.82) is 0 Å². The minimum atomic E-state index is -0.315. The zero-order chi connectivity index (χ0) is 20.2. The normalized spacial score (nSPS) is 24.3. The van der Waals surface area contributed by atoms with E-state index in [1.807, 2.05) is 0 Å².